The first-order chi connectivity index (χ1) is 14.8. The van der Waals surface area contributed by atoms with Gasteiger partial charge in [0.05, 0.1) is 9.79 Å². The molecular formula is C22H19N3O5S. The highest BCUT2D eigenvalue weighted by atomic mass is 32.2. The van der Waals surface area contributed by atoms with Crippen molar-refractivity contribution in [2.24, 2.45) is 0 Å². The van der Waals surface area contributed by atoms with Crippen molar-refractivity contribution in [2.75, 3.05) is 0 Å². The fourth-order valence-electron chi connectivity index (χ4n) is 3.30. The average molecular weight is 437 g/mol. The third kappa shape index (κ3) is 4.26. The van der Waals surface area contributed by atoms with E-state index in [2.05, 4.69) is 15.6 Å². The first kappa shape index (κ1) is 20.5. The monoisotopic (exact) mass is 437 g/mol. The minimum atomic E-state index is -3.96. The lowest BCUT2D eigenvalue weighted by atomic mass is 10.1. The van der Waals surface area contributed by atoms with Gasteiger partial charge in [-0.15, -0.1) is 0 Å². The van der Waals surface area contributed by atoms with Crippen LogP contribution in [0.4, 0.5) is 4.79 Å². The molecule has 0 aliphatic carbocycles. The van der Waals surface area contributed by atoms with Crippen LogP contribution in [0.15, 0.2) is 76.8 Å². The summed E-state index contributed by atoms with van der Waals surface area (Å²) in [5, 5.41) is 4.50. The number of ether oxygens (including phenoxy) is 1. The molecular weight excluding hydrogens is 418 g/mol. The van der Waals surface area contributed by atoms with E-state index in [-0.39, 0.29) is 15.4 Å². The highest BCUT2D eigenvalue weighted by Crippen LogP contribution is 2.29. The van der Waals surface area contributed by atoms with Crippen molar-refractivity contribution >= 4 is 21.8 Å². The van der Waals surface area contributed by atoms with E-state index < -0.39 is 27.8 Å². The molecule has 31 heavy (non-hydrogen) atoms. The minimum Gasteiger partial charge on any atom is -0.489 e. The van der Waals surface area contributed by atoms with Crippen LogP contribution in [0.1, 0.15) is 22.7 Å². The molecule has 1 saturated heterocycles. The maximum atomic E-state index is 13.2. The van der Waals surface area contributed by atoms with Crippen LogP contribution in [0.25, 0.3) is 0 Å². The smallest absolute Gasteiger partial charge is 0.322 e. The van der Waals surface area contributed by atoms with Crippen LogP contribution in [0.2, 0.25) is 0 Å². The lowest BCUT2D eigenvalue weighted by molar-refractivity contribution is -0.120. The predicted octanol–water partition coefficient (Wildman–Crippen LogP) is 2.68. The van der Waals surface area contributed by atoms with Crippen molar-refractivity contribution in [3.8, 4) is 5.75 Å². The number of benzene rings is 2. The van der Waals surface area contributed by atoms with Gasteiger partial charge in [-0.3, -0.25) is 15.1 Å². The molecule has 0 bridgehead atoms. The molecule has 3 amide bonds. The lowest BCUT2D eigenvalue weighted by Gasteiger charge is -2.14. The van der Waals surface area contributed by atoms with E-state index in [1.807, 2.05) is 31.2 Å². The van der Waals surface area contributed by atoms with E-state index in [0.29, 0.717) is 12.4 Å². The molecule has 1 aromatic heterocycles. The van der Waals surface area contributed by atoms with Crippen LogP contribution < -0.4 is 15.4 Å². The lowest BCUT2D eigenvalue weighted by Crippen LogP contribution is -2.22. The summed E-state index contributed by atoms with van der Waals surface area (Å²) >= 11 is 0. The molecule has 158 valence electrons. The molecule has 1 atom stereocenters. The van der Waals surface area contributed by atoms with Crippen LogP contribution in [-0.4, -0.2) is 25.3 Å². The standard InChI is InChI=1S/C22H19N3O5S/c1-14-3-2-4-15(11-14)13-30-16-5-7-17(8-6-16)31(28,29)19-9-10-23-12-18(19)20-21(26)25-22(27)24-20/h2-12,20H,13H2,1H3,(H2,24,25,26,27). The van der Waals surface area contributed by atoms with Crippen molar-refractivity contribution in [3.05, 3.63) is 83.7 Å². The minimum absolute atomic E-state index is 0.0348. The predicted molar refractivity (Wildman–Crippen MR) is 111 cm³/mol. The second-order valence-corrected chi connectivity index (χ2v) is 8.98. The van der Waals surface area contributed by atoms with Gasteiger partial charge >= 0.3 is 6.03 Å². The SMILES string of the molecule is Cc1cccc(COc2ccc(S(=O)(=O)c3ccncc3C3NC(=O)NC3=O)cc2)c1. The van der Waals surface area contributed by atoms with Gasteiger partial charge in [0.25, 0.3) is 5.91 Å². The van der Waals surface area contributed by atoms with Gasteiger partial charge in [0, 0.05) is 18.0 Å². The first-order valence-corrected chi connectivity index (χ1v) is 10.9. The van der Waals surface area contributed by atoms with Gasteiger partial charge < -0.3 is 10.1 Å². The van der Waals surface area contributed by atoms with Crippen LogP contribution in [0.3, 0.4) is 0 Å². The number of pyridine rings is 1. The Labute approximate surface area is 179 Å². The second kappa shape index (κ2) is 8.19. The maximum Gasteiger partial charge on any atom is 0.322 e. The molecule has 2 N–H and O–H groups in total. The maximum absolute atomic E-state index is 13.2. The molecule has 1 aliphatic rings. The first-order valence-electron chi connectivity index (χ1n) is 9.43. The molecule has 1 unspecified atom stereocenters. The van der Waals surface area contributed by atoms with Gasteiger partial charge in [-0.05, 0) is 42.8 Å². The summed E-state index contributed by atoms with van der Waals surface area (Å²) in [6.45, 7) is 2.36. The number of amides is 3. The van der Waals surface area contributed by atoms with Gasteiger partial charge in [-0.2, -0.15) is 0 Å². The Hall–Kier alpha value is -3.72. The molecule has 3 aromatic rings. The summed E-state index contributed by atoms with van der Waals surface area (Å²) in [6.07, 6.45) is 2.59. The van der Waals surface area contributed by atoms with E-state index in [4.69, 9.17) is 4.74 Å². The van der Waals surface area contributed by atoms with E-state index >= 15 is 0 Å². The molecule has 2 heterocycles. The van der Waals surface area contributed by atoms with Gasteiger partial charge in [-0.1, -0.05) is 29.8 Å². The van der Waals surface area contributed by atoms with Crippen LogP contribution in [-0.2, 0) is 21.2 Å². The third-order valence-electron chi connectivity index (χ3n) is 4.81. The molecule has 1 fully saturated rings. The number of nitrogens with one attached hydrogen (secondary N) is 2. The number of sulfone groups is 1. The number of carbonyl (C=O) groups is 2. The Kier molecular flexibility index (Phi) is 5.43. The molecule has 9 heteroatoms. The zero-order chi connectivity index (χ0) is 22.0. The van der Waals surface area contributed by atoms with Crippen molar-refractivity contribution < 1.29 is 22.7 Å². The number of rotatable bonds is 6. The number of aromatic nitrogens is 1. The quantitative estimate of drug-likeness (QED) is 0.573. The molecule has 0 saturated carbocycles. The number of imide groups is 1. The van der Waals surface area contributed by atoms with Gasteiger partial charge in [0.1, 0.15) is 18.4 Å². The van der Waals surface area contributed by atoms with Crippen LogP contribution in [0.5, 0.6) is 5.75 Å². The zero-order valence-electron chi connectivity index (χ0n) is 16.5. The molecule has 4 rings (SSSR count). The fraction of sp³-hybridized carbons (Fsp3) is 0.136. The number of carbonyl (C=O) groups excluding carboxylic acids is 2. The number of nitrogens with zero attached hydrogens (tertiary/aromatic N) is 1. The van der Waals surface area contributed by atoms with Crippen molar-refractivity contribution in [1.29, 1.82) is 0 Å². The molecule has 2 aromatic carbocycles. The number of urea groups is 1. The Balaban J connectivity index is 1.57. The summed E-state index contributed by atoms with van der Waals surface area (Å²) in [5.41, 5.74) is 2.24. The molecule has 0 radical (unpaired) electrons. The molecule has 0 spiro atoms. The topological polar surface area (TPSA) is 114 Å². The highest BCUT2D eigenvalue weighted by Gasteiger charge is 2.35. The molecule has 1 aliphatic heterocycles. The summed E-state index contributed by atoms with van der Waals surface area (Å²) in [5.74, 6) is -0.104. The van der Waals surface area contributed by atoms with E-state index in [9.17, 15) is 18.0 Å². The summed E-state index contributed by atoms with van der Waals surface area (Å²) in [4.78, 5) is 27.3. The van der Waals surface area contributed by atoms with Gasteiger partial charge in [-0.25, -0.2) is 13.2 Å². The highest BCUT2D eigenvalue weighted by molar-refractivity contribution is 7.91. The summed E-state index contributed by atoms with van der Waals surface area (Å²) < 4.78 is 32.2. The Morgan fingerprint density at radius 1 is 1.06 bits per heavy atom. The van der Waals surface area contributed by atoms with E-state index in [1.165, 1.54) is 30.6 Å². The second-order valence-electron chi connectivity index (χ2n) is 7.06. The van der Waals surface area contributed by atoms with E-state index in [0.717, 1.165) is 11.1 Å². The van der Waals surface area contributed by atoms with Gasteiger partial charge in [0.15, 0.2) is 0 Å². The Bertz CT molecular complexity index is 1260. The Morgan fingerprint density at radius 3 is 2.52 bits per heavy atom. The summed E-state index contributed by atoms with van der Waals surface area (Å²) in [6, 6.07) is 13.5. The largest absolute Gasteiger partial charge is 0.489 e. The normalized spacial score (nSPS) is 16.0. The zero-order valence-corrected chi connectivity index (χ0v) is 17.3. The van der Waals surface area contributed by atoms with E-state index in [1.54, 1.807) is 12.1 Å². The van der Waals surface area contributed by atoms with Crippen LogP contribution in [0, 0.1) is 6.92 Å². The summed E-state index contributed by atoms with van der Waals surface area (Å²) in [7, 11) is -3.96. The van der Waals surface area contributed by atoms with Gasteiger partial charge in [0.2, 0.25) is 9.84 Å². The Morgan fingerprint density at radius 2 is 1.84 bits per heavy atom. The number of hydrogen-bond acceptors (Lipinski definition) is 6. The van der Waals surface area contributed by atoms with Crippen molar-refractivity contribution in [3.63, 3.8) is 0 Å². The van der Waals surface area contributed by atoms with Crippen LogP contribution >= 0.6 is 0 Å². The number of hydrogen-bond donors (Lipinski definition) is 2. The third-order valence-corrected chi connectivity index (χ3v) is 6.65. The average Bonchev–Trinajstić information content (AvgIpc) is 3.10. The molecule has 8 nitrogen and oxygen atoms in total. The number of aryl methyl sites for hydroxylation is 1. The van der Waals surface area contributed by atoms with Crippen molar-refractivity contribution in [1.82, 2.24) is 15.6 Å². The van der Waals surface area contributed by atoms with Crippen molar-refractivity contribution in [2.45, 2.75) is 29.4 Å². The fourth-order valence-corrected chi connectivity index (χ4v) is 4.77.